The third-order valence-corrected chi connectivity index (χ3v) is 5.27. The van der Waals surface area contributed by atoms with Crippen molar-refractivity contribution in [2.75, 3.05) is 12.4 Å². The Morgan fingerprint density at radius 2 is 1.79 bits per heavy atom. The van der Waals surface area contributed by atoms with Gasteiger partial charge in [-0.3, -0.25) is 4.79 Å². The minimum atomic E-state index is -0.461. The van der Waals surface area contributed by atoms with E-state index in [1.165, 1.54) is 0 Å². The summed E-state index contributed by atoms with van der Waals surface area (Å²) in [5.74, 6) is 1.28. The highest BCUT2D eigenvalue weighted by atomic mass is 16.5. The van der Waals surface area contributed by atoms with E-state index in [4.69, 9.17) is 9.47 Å². The second kappa shape index (κ2) is 11.0. The predicted octanol–water partition coefficient (Wildman–Crippen LogP) is 6.25. The average molecular weight is 441 g/mol. The highest BCUT2D eigenvalue weighted by Crippen LogP contribution is 2.30. The Hall–Kier alpha value is -4.04. The molecule has 0 aliphatic rings. The van der Waals surface area contributed by atoms with Crippen LogP contribution in [0.25, 0.3) is 6.08 Å². The van der Waals surface area contributed by atoms with Gasteiger partial charge in [-0.15, -0.1) is 0 Å². The van der Waals surface area contributed by atoms with E-state index >= 15 is 0 Å². The molecule has 0 unspecified atom stereocenters. The zero-order chi connectivity index (χ0) is 23.8. The van der Waals surface area contributed by atoms with E-state index in [1.807, 2.05) is 55.5 Å². The molecule has 0 spiro atoms. The van der Waals surface area contributed by atoms with E-state index in [-0.39, 0.29) is 11.5 Å². The number of anilines is 1. The number of benzene rings is 3. The lowest BCUT2D eigenvalue weighted by Crippen LogP contribution is -2.13. The predicted molar refractivity (Wildman–Crippen MR) is 131 cm³/mol. The Morgan fingerprint density at radius 1 is 1.09 bits per heavy atom. The van der Waals surface area contributed by atoms with Gasteiger partial charge in [0.2, 0.25) is 0 Å². The summed E-state index contributed by atoms with van der Waals surface area (Å²) in [5.41, 5.74) is 4.46. The second-order valence-electron chi connectivity index (χ2n) is 8.03. The van der Waals surface area contributed by atoms with Crippen LogP contribution in [0.4, 0.5) is 5.69 Å². The molecule has 1 amide bonds. The fourth-order valence-electron chi connectivity index (χ4n) is 3.38. The molecule has 5 nitrogen and oxygen atoms in total. The van der Waals surface area contributed by atoms with Crippen molar-refractivity contribution >= 4 is 17.7 Å². The van der Waals surface area contributed by atoms with Gasteiger partial charge >= 0.3 is 0 Å². The molecule has 3 rings (SSSR count). The number of nitrogens with zero attached hydrogens (tertiary/aromatic N) is 1. The van der Waals surface area contributed by atoms with Crippen LogP contribution in [0.2, 0.25) is 0 Å². The first-order chi connectivity index (χ1) is 15.9. The molecular formula is C28H28N2O3. The van der Waals surface area contributed by atoms with Gasteiger partial charge in [-0.05, 0) is 77.6 Å². The van der Waals surface area contributed by atoms with Crippen molar-refractivity contribution in [3.05, 3.63) is 94.6 Å². The van der Waals surface area contributed by atoms with Crippen LogP contribution >= 0.6 is 0 Å². The second-order valence-corrected chi connectivity index (χ2v) is 8.03. The molecule has 0 saturated heterocycles. The topological polar surface area (TPSA) is 71.3 Å². The normalized spacial score (nSPS) is 11.1. The van der Waals surface area contributed by atoms with E-state index in [0.717, 1.165) is 28.0 Å². The van der Waals surface area contributed by atoms with Crippen molar-refractivity contribution < 1.29 is 14.3 Å². The van der Waals surface area contributed by atoms with Crippen LogP contribution in [0.5, 0.6) is 11.5 Å². The van der Waals surface area contributed by atoms with Gasteiger partial charge in [0, 0.05) is 5.69 Å². The molecule has 33 heavy (non-hydrogen) atoms. The van der Waals surface area contributed by atoms with Gasteiger partial charge in [-0.1, -0.05) is 44.2 Å². The molecule has 5 heteroatoms. The summed E-state index contributed by atoms with van der Waals surface area (Å²) in [5, 5.41) is 12.4. The SMILES string of the molecule is COc1cc(C)c(/C=C(\C#N)C(=O)Nc2ccc(OCc3ccccc3)cc2)cc1C(C)C. The maximum absolute atomic E-state index is 12.7. The number of amides is 1. The number of hydrogen-bond acceptors (Lipinski definition) is 4. The van der Waals surface area contributed by atoms with Crippen LogP contribution in [0.3, 0.4) is 0 Å². The van der Waals surface area contributed by atoms with Gasteiger partial charge in [-0.2, -0.15) is 5.26 Å². The van der Waals surface area contributed by atoms with Gasteiger partial charge < -0.3 is 14.8 Å². The number of aryl methyl sites for hydroxylation is 1. The molecule has 0 atom stereocenters. The third kappa shape index (κ3) is 6.24. The van der Waals surface area contributed by atoms with Gasteiger partial charge in [0.05, 0.1) is 7.11 Å². The van der Waals surface area contributed by atoms with Crippen molar-refractivity contribution in [3.8, 4) is 17.6 Å². The zero-order valence-corrected chi connectivity index (χ0v) is 19.4. The summed E-state index contributed by atoms with van der Waals surface area (Å²) in [6.45, 7) is 6.55. The van der Waals surface area contributed by atoms with Gasteiger partial charge in [0.25, 0.3) is 5.91 Å². The zero-order valence-electron chi connectivity index (χ0n) is 19.4. The van der Waals surface area contributed by atoms with Crippen molar-refractivity contribution in [2.45, 2.75) is 33.3 Å². The Morgan fingerprint density at radius 3 is 2.39 bits per heavy atom. The van der Waals surface area contributed by atoms with E-state index in [0.29, 0.717) is 18.0 Å². The Bertz CT molecular complexity index is 1170. The Labute approximate surface area is 195 Å². The molecule has 0 radical (unpaired) electrons. The molecule has 0 saturated carbocycles. The fraction of sp³-hybridized carbons (Fsp3) is 0.214. The van der Waals surface area contributed by atoms with Crippen LogP contribution < -0.4 is 14.8 Å². The molecule has 3 aromatic carbocycles. The Balaban J connectivity index is 1.71. The first kappa shape index (κ1) is 23.6. The monoisotopic (exact) mass is 440 g/mol. The Kier molecular flexibility index (Phi) is 7.88. The van der Waals surface area contributed by atoms with Gasteiger partial charge in [0.15, 0.2) is 0 Å². The number of carbonyl (C=O) groups excluding carboxylic acids is 1. The highest BCUT2D eigenvalue weighted by Gasteiger charge is 2.14. The number of carbonyl (C=O) groups is 1. The molecule has 1 N–H and O–H groups in total. The molecule has 168 valence electrons. The molecule has 0 fully saturated rings. The number of nitrogens with one attached hydrogen (secondary N) is 1. The first-order valence-electron chi connectivity index (χ1n) is 10.8. The largest absolute Gasteiger partial charge is 0.496 e. The molecule has 0 aliphatic carbocycles. The van der Waals surface area contributed by atoms with Crippen LogP contribution in [-0.2, 0) is 11.4 Å². The molecule has 3 aromatic rings. The number of methoxy groups -OCH3 is 1. The smallest absolute Gasteiger partial charge is 0.266 e. The molecule has 0 bridgehead atoms. The first-order valence-corrected chi connectivity index (χ1v) is 10.8. The standard InChI is InChI=1S/C28H28N2O3/c1-19(2)26-16-22(20(3)14-27(26)32-4)15-23(17-29)28(31)30-24-10-12-25(13-11-24)33-18-21-8-6-5-7-9-21/h5-16,19H,18H2,1-4H3,(H,30,31)/b23-15+. The quantitative estimate of drug-likeness (QED) is 0.332. The van der Waals surface area contributed by atoms with Gasteiger partial charge in [-0.25, -0.2) is 0 Å². The average Bonchev–Trinajstić information content (AvgIpc) is 2.83. The summed E-state index contributed by atoms with van der Waals surface area (Å²) in [6, 6.07) is 22.9. The lowest BCUT2D eigenvalue weighted by molar-refractivity contribution is -0.112. The molecule has 0 aliphatic heterocycles. The molecule has 0 heterocycles. The van der Waals surface area contributed by atoms with E-state index in [2.05, 4.69) is 19.2 Å². The number of hydrogen-bond donors (Lipinski definition) is 1. The van der Waals surface area contributed by atoms with Gasteiger partial charge in [0.1, 0.15) is 29.7 Å². The minimum Gasteiger partial charge on any atom is -0.496 e. The van der Waals surface area contributed by atoms with Crippen molar-refractivity contribution in [2.24, 2.45) is 0 Å². The van der Waals surface area contributed by atoms with Crippen LogP contribution in [-0.4, -0.2) is 13.0 Å². The van der Waals surface area contributed by atoms with E-state index in [1.54, 1.807) is 37.5 Å². The minimum absolute atomic E-state index is 0.0300. The maximum Gasteiger partial charge on any atom is 0.266 e. The number of ether oxygens (including phenoxy) is 2. The lowest BCUT2D eigenvalue weighted by Gasteiger charge is -2.15. The van der Waals surface area contributed by atoms with E-state index in [9.17, 15) is 10.1 Å². The summed E-state index contributed by atoms with van der Waals surface area (Å²) >= 11 is 0. The van der Waals surface area contributed by atoms with Crippen LogP contribution in [0, 0.1) is 18.3 Å². The summed E-state index contributed by atoms with van der Waals surface area (Å²) in [4.78, 5) is 12.7. The number of nitriles is 1. The summed E-state index contributed by atoms with van der Waals surface area (Å²) in [6.07, 6.45) is 1.62. The lowest BCUT2D eigenvalue weighted by atomic mass is 9.95. The number of rotatable bonds is 8. The highest BCUT2D eigenvalue weighted by molar-refractivity contribution is 6.09. The molecule has 0 aromatic heterocycles. The molecular weight excluding hydrogens is 412 g/mol. The van der Waals surface area contributed by atoms with E-state index < -0.39 is 5.91 Å². The summed E-state index contributed by atoms with van der Waals surface area (Å²) < 4.78 is 11.3. The van der Waals surface area contributed by atoms with Crippen molar-refractivity contribution in [1.29, 1.82) is 5.26 Å². The van der Waals surface area contributed by atoms with Crippen molar-refractivity contribution in [3.63, 3.8) is 0 Å². The summed E-state index contributed by atoms with van der Waals surface area (Å²) in [7, 11) is 1.64. The fourth-order valence-corrected chi connectivity index (χ4v) is 3.38. The van der Waals surface area contributed by atoms with Crippen LogP contribution in [0.15, 0.2) is 72.3 Å². The van der Waals surface area contributed by atoms with Crippen LogP contribution in [0.1, 0.15) is 42.0 Å². The third-order valence-electron chi connectivity index (χ3n) is 5.27. The maximum atomic E-state index is 12.7. The van der Waals surface area contributed by atoms with Crippen molar-refractivity contribution in [1.82, 2.24) is 0 Å².